The normalized spacial score (nSPS) is 16.5. The van der Waals surface area contributed by atoms with E-state index >= 15 is 0 Å². The van der Waals surface area contributed by atoms with Gasteiger partial charge in [0.25, 0.3) is 0 Å². The molecule has 0 atom stereocenters. The number of anilines is 1. The van der Waals surface area contributed by atoms with E-state index in [4.69, 9.17) is 0 Å². The number of hydrogen-bond acceptors (Lipinski definition) is 5. The number of rotatable bonds is 7. The van der Waals surface area contributed by atoms with E-state index < -0.39 is 0 Å². The summed E-state index contributed by atoms with van der Waals surface area (Å²) in [7, 11) is 0. The van der Waals surface area contributed by atoms with E-state index in [-0.39, 0.29) is 18.3 Å². The van der Waals surface area contributed by atoms with Crippen LogP contribution in [0.5, 0.6) is 0 Å². The molecule has 2 heterocycles. The highest BCUT2D eigenvalue weighted by Gasteiger charge is 2.26. The van der Waals surface area contributed by atoms with Gasteiger partial charge < -0.3 is 14.7 Å². The van der Waals surface area contributed by atoms with Crippen LogP contribution in [0.15, 0.2) is 49.1 Å². The number of amides is 1. The zero-order valence-electron chi connectivity index (χ0n) is 23.8. The van der Waals surface area contributed by atoms with Crippen LogP contribution < -0.4 is 4.90 Å². The van der Waals surface area contributed by atoms with Crippen molar-refractivity contribution in [3.63, 3.8) is 0 Å². The summed E-state index contributed by atoms with van der Waals surface area (Å²) in [4.78, 5) is 28.2. The number of piperazine rings is 1. The third-order valence-electron chi connectivity index (χ3n) is 7.46. The van der Waals surface area contributed by atoms with E-state index in [2.05, 4.69) is 21.4 Å². The van der Waals surface area contributed by atoms with Gasteiger partial charge in [-0.15, -0.1) is 0 Å². The Balaban J connectivity index is 0.00000195. The second-order valence-corrected chi connectivity index (χ2v) is 10.1. The standard InChI is InChI=1S/C29H38FN5O.C2H6/c1-21-16-26(10-11-27(21)30)22(2)18-35(24(4)25-8-6-5-7-9-25)19-29(36)34-14-12-33(13-15-34)28-17-23(3)31-20-32-28;1-2/h10-11,16-18,20,25H,4-9,12-15,19H2,1-3H3;1-2H3/b22-18+;. The summed E-state index contributed by atoms with van der Waals surface area (Å²) in [5.74, 6) is 1.20. The van der Waals surface area contributed by atoms with Crippen LogP contribution in [-0.2, 0) is 4.79 Å². The highest BCUT2D eigenvalue weighted by Crippen LogP contribution is 2.32. The number of halogens is 1. The summed E-state index contributed by atoms with van der Waals surface area (Å²) in [6.07, 6.45) is 9.52. The summed E-state index contributed by atoms with van der Waals surface area (Å²) in [6.45, 7) is 17.3. The van der Waals surface area contributed by atoms with Gasteiger partial charge in [0.15, 0.2) is 0 Å². The number of benzene rings is 1. The van der Waals surface area contributed by atoms with E-state index in [0.717, 1.165) is 54.3 Å². The van der Waals surface area contributed by atoms with Crippen LogP contribution in [-0.4, -0.2) is 58.4 Å². The third-order valence-corrected chi connectivity index (χ3v) is 7.46. The monoisotopic (exact) mass is 521 g/mol. The van der Waals surface area contributed by atoms with Crippen LogP contribution in [0, 0.1) is 25.6 Å². The van der Waals surface area contributed by atoms with Gasteiger partial charge in [-0.1, -0.05) is 45.8 Å². The summed E-state index contributed by atoms with van der Waals surface area (Å²) in [5, 5.41) is 0. The SMILES string of the molecule is C=C(C1CCCCC1)N(/C=C(\C)c1ccc(F)c(C)c1)CC(=O)N1CCN(c2cc(C)ncn2)CC1.CC. The number of hydrogen-bond donors (Lipinski definition) is 0. The van der Waals surface area contributed by atoms with Crippen molar-refractivity contribution in [3.05, 3.63) is 71.7 Å². The summed E-state index contributed by atoms with van der Waals surface area (Å²) in [6, 6.07) is 7.15. The molecule has 1 aliphatic heterocycles. The Morgan fingerprint density at radius 1 is 1.08 bits per heavy atom. The second-order valence-electron chi connectivity index (χ2n) is 10.1. The van der Waals surface area contributed by atoms with Gasteiger partial charge in [-0.05, 0) is 68.4 Å². The Hall–Kier alpha value is -3.22. The number of carbonyl (C=O) groups excluding carboxylic acids is 1. The molecule has 206 valence electrons. The Kier molecular flexibility index (Phi) is 10.9. The molecule has 7 heteroatoms. The Morgan fingerprint density at radius 2 is 1.76 bits per heavy atom. The van der Waals surface area contributed by atoms with Crippen LogP contribution in [0.1, 0.15) is 69.7 Å². The van der Waals surface area contributed by atoms with Crippen LogP contribution in [0.4, 0.5) is 10.2 Å². The quantitative estimate of drug-likeness (QED) is 0.424. The maximum atomic E-state index is 13.8. The molecule has 1 aromatic heterocycles. The van der Waals surface area contributed by atoms with Crippen molar-refractivity contribution in [3.8, 4) is 0 Å². The first kappa shape index (κ1) is 29.3. The molecule has 2 aromatic rings. The van der Waals surface area contributed by atoms with Gasteiger partial charge in [-0.25, -0.2) is 14.4 Å². The molecule has 4 rings (SSSR count). The minimum atomic E-state index is -0.207. The molecule has 0 radical (unpaired) electrons. The van der Waals surface area contributed by atoms with Crippen LogP contribution in [0.2, 0.25) is 0 Å². The smallest absolute Gasteiger partial charge is 0.242 e. The average Bonchev–Trinajstić information content (AvgIpc) is 2.95. The first-order valence-corrected chi connectivity index (χ1v) is 14.0. The molecule has 0 bridgehead atoms. The zero-order chi connectivity index (χ0) is 27.7. The zero-order valence-corrected chi connectivity index (χ0v) is 23.8. The third kappa shape index (κ3) is 7.65. The topological polar surface area (TPSA) is 52.6 Å². The minimum Gasteiger partial charge on any atom is -0.353 e. The van der Waals surface area contributed by atoms with Crippen LogP contribution in [0.25, 0.3) is 5.57 Å². The fourth-order valence-corrected chi connectivity index (χ4v) is 5.14. The minimum absolute atomic E-state index is 0.102. The molecule has 1 saturated heterocycles. The molecule has 0 N–H and O–H groups in total. The van der Waals surface area contributed by atoms with Gasteiger partial charge in [-0.3, -0.25) is 4.79 Å². The molecule has 0 unspecified atom stereocenters. The maximum Gasteiger partial charge on any atom is 0.242 e. The first-order chi connectivity index (χ1) is 18.3. The predicted octanol–water partition coefficient (Wildman–Crippen LogP) is 6.36. The number of aryl methyl sites for hydroxylation is 2. The molecular weight excluding hydrogens is 477 g/mol. The highest BCUT2D eigenvalue weighted by molar-refractivity contribution is 5.79. The molecule has 1 saturated carbocycles. The van der Waals surface area contributed by atoms with Crippen molar-refractivity contribution in [1.29, 1.82) is 0 Å². The molecule has 1 aromatic carbocycles. The van der Waals surface area contributed by atoms with Crippen molar-refractivity contribution < 1.29 is 9.18 Å². The van der Waals surface area contributed by atoms with Crippen molar-refractivity contribution in [2.45, 2.75) is 66.7 Å². The van der Waals surface area contributed by atoms with Gasteiger partial charge in [-0.2, -0.15) is 0 Å². The molecular formula is C31H44FN5O. The van der Waals surface area contributed by atoms with E-state index in [1.54, 1.807) is 19.3 Å². The lowest BCUT2D eigenvalue weighted by molar-refractivity contribution is -0.131. The predicted molar refractivity (Wildman–Crippen MR) is 154 cm³/mol. The highest BCUT2D eigenvalue weighted by atomic mass is 19.1. The average molecular weight is 522 g/mol. The molecule has 2 aliphatic rings. The number of nitrogens with zero attached hydrogens (tertiary/aromatic N) is 5. The van der Waals surface area contributed by atoms with E-state index in [1.165, 1.54) is 25.3 Å². The first-order valence-electron chi connectivity index (χ1n) is 14.0. The summed E-state index contributed by atoms with van der Waals surface area (Å²) in [5.41, 5.74) is 4.51. The largest absolute Gasteiger partial charge is 0.353 e. The van der Waals surface area contributed by atoms with Crippen molar-refractivity contribution >= 4 is 17.3 Å². The lowest BCUT2D eigenvalue weighted by Gasteiger charge is -2.37. The summed E-state index contributed by atoms with van der Waals surface area (Å²) >= 11 is 0. The molecule has 2 fully saturated rings. The molecule has 1 aliphatic carbocycles. The van der Waals surface area contributed by atoms with Crippen molar-refractivity contribution in [1.82, 2.24) is 19.8 Å². The lowest BCUT2D eigenvalue weighted by Crippen LogP contribution is -2.51. The second kappa shape index (κ2) is 14.1. The van der Waals surface area contributed by atoms with Gasteiger partial charge in [0.2, 0.25) is 5.91 Å². The van der Waals surface area contributed by atoms with Gasteiger partial charge in [0, 0.05) is 49.8 Å². The van der Waals surface area contributed by atoms with Gasteiger partial charge in [0.1, 0.15) is 24.5 Å². The maximum absolute atomic E-state index is 13.8. The fraction of sp³-hybridized carbons (Fsp3) is 0.516. The van der Waals surface area contributed by atoms with E-state index in [0.29, 0.717) is 24.6 Å². The van der Waals surface area contributed by atoms with Gasteiger partial charge >= 0.3 is 0 Å². The fourth-order valence-electron chi connectivity index (χ4n) is 5.14. The van der Waals surface area contributed by atoms with Crippen molar-refractivity contribution in [2.24, 2.45) is 5.92 Å². The van der Waals surface area contributed by atoms with Gasteiger partial charge in [0.05, 0.1) is 0 Å². The molecule has 0 spiro atoms. The Labute approximate surface area is 228 Å². The van der Waals surface area contributed by atoms with Crippen LogP contribution >= 0.6 is 0 Å². The van der Waals surface area contributed by atoms with E-state index in [9.17, 15) is 9.18 Å². The number of allylic oxidation sites excluding steroid dienone is 2. The molecule has 38 heavy (non-hydrogen) atoms. The Morgan fingerprint density at radius 3 is 2.39 bits per heavy atom. The van der Waals surface area contributed by atoms with Crippen molar-refractivity contribution in [2.75, 3.05) is 37.6 Å². The summed E-state index contributed by atoms with van der Waals surface area (Å²) < 4.78 is 13.8. The van der Waals surface area contributed by atoms with E-state index in [1.807, 2.05) is 55.8 Å². The molecule has 6 nitrogen and oxygen atoms in total. The number of carbonyl (C=O) groups is 1. The number of aromatic nitrogens is 2. The molecule has 1 amide bonds. The Bertz CT molecular complexity index is 1120. The van der Waals surface area contributed by atoms with Crippen LogP contribution in [0.3, 0.4) is 0 Å². The lowest BCUT2D eigenvalue weighted by atomic mass is 9.86.